The minimum absolute atomic E-state index is 0.00326. The average Bonchev–Trinajstić information content (AvgIpc) is 3.06. The molecule has 0 heterocycles. The van der Waals surface area contributed by atoms with Crippen LogP contribution in [0.4, 0.5) is 5.69 Å². The Morgan fingerprint density at radius 1 is 0.846 bits per heavy atom. The van der Waals surface area contributed by atoms with Crippen molar-refractivity contribution < 1.29 is 38.7 Å². The van der Waals surface area contributed by atoms with Crippen LogP contribution in [0.5, 0.6) is 0 Å². The molecule has 1 rings (SSSR count). The Hall–Kier alpha value is -4.27. The molecule has 0 spiro atoms. The normalized spacial score (nSPS) is 14.4. The molecule has 10 N–H and O–H groups in total. The highest BCUT2D eigenvalue weighted by Gasteiger charge is 2.36. The summed E-state index contributed by atoms with van der Waals surface area (Å²) in [6.07, 6.45) is -1.18. The van der Waals surface area contributed by atoms with Crippen LogP contribution in [0.3, 0.4) is 0 Å². The molecule has 0 saturated carbocycles. The molecule has 17 nitrogen and oxygen atoms in total. The lowest BCUT2D eigenvalue weighted by Crippen LogP contribution is -2.60. The summed E-state index contributed by atoms with van der Waals surface area (Å²) in [5.74, 6) is -4.71. The van der Waals surface area contributed by atoms with Gasteiger partial charge in [-0.1, -0.05) is 50.3 Å². The topological polar surface area (TPSA) is 268 Å². The van der Waals surface area contributed by atoms with Crippen molar-refractivity contribution in [2.24, 2.45) is 28.3 Å². The van der Waals surface area contributed by atoms with Crippen molar-refractivity contribution in [2.45, 2.75) is 90.7 Å². The van der Waals surface area contributed by atoms with Crippen LogP contribution < -0.4 is 38.1 Å². The Balaban J connectivity index is 3.17. The number of alkyl halides is 1. The predicted octanol–water partition coefficient (Wildman–Crippen LogP) is -1.10. The molecule has 0 saturated heterocycles. The molecule has 52 heavy (non-hydrogen) atoms. The van der Waals surface area contributed by atoms with Gasteiger partial charge in [-0.05, 0) is 62.8 Å². The first kappa shape index (κ1) is 45.8. The first-order valence-corrected chi connectivity index (χ1v) is 18.2. The lowest BCUT2D eigenvalue weighted by Gasteiger charge is -2.34. The van der Waals surface area contributed by atoms with Crippen LogP contribution in [0.2, 0.25) is 0 Å². The van der Waals surface area contributed by atoms with Crippen LogP contribution in [0.25, 0.3) is 0 Å². The highest BCUT2D eigenvalue weighted by Crippen LogP contribution is 2.14. The molecule has 0 fully saturated rings. The lowest BCUT2D eigenvalue weighted by molar-refractivity contribution is -0.143. The van der Waals surface area contributed by atoms with Crippen molar-refractivity contribution in [3.8, 4) is 0 Å². The predicted molar refractivity (Wildman–Crippen MR) is 205 cm³/mol. The first-order chi connectivity index (χ1) is 24.2. The van der Waals surface area contributed by atoms with Crippen LogP contribution in [0.15, 0.2) is 29.3 Å². The van der Waals surface area contributed by atoms with E-state index in [1.165, 1.54) is 50.1 Å². The van der Waals surface area contributed by atoms with Gasteiger partial charge in [-0.25, -0.2) is 0 Å². The van der Waals surface area contributed by atoms with E-state index in [2.05, 4.69) is 31.6 Å². The van der Waals surface area contributed by atoms with Gasteiger partial charge in [-0.15, -0.1) is 0 Å². The number of rotatable bonds is 20. The van der Waals surface area contributed by atoms with Crippen molar-refractivity contribution >= 4 is 83.2 Å². The van der Waals surface area contributed by atoms with E-state index in [-0.39, 0.29) is 47.2 Å². The molecule has 0 aliphatic rings. The maximum absolute atomic E-state index is 13.6. The van der Waals surface area contributed by atoms with Gasteiger partial charge in [0.1, 0.15) is 24.2 Å². The number of likely N-dealkylation sites (N-methyl/N-ethyl adjacent to an activating group) is 1. The number of hydrogen-bond donors (Lipinski definition) is 8. The minimum atomic E-state index is -1.50. The van der Waals surface area contributed by atoms with Gasteiger partial charge in [0.2, 0.25) is 29.5 Å². The minimum Gasteiger partial charge on any atom is -0.391 e. The Labute approximate surface area is 319 Å². The number of nitrogens with one attached hydrogen (secondary N) is 5. The Kier molecular flexibility index (Phi) is 19.3. The number of aliphatic imine (C=N–C) groups is 1. The standard InChI is InChI=1S/C33H51BIN9O8/c1-16(2)24(27(34)47)42-31(51)26(17(3)4)44(7)32(52)18(5)39-29(49)22(9-8-14-38-33(36)37)41-30(50)25(19(6)45)43-28(48)20-10-12-21(13-11-20)40-23(46)15-35/h10-13,16-19,22,24-26,45H,8-9,14-15H2,1-7H3,(H,39,49)(H,40,46)(H,41,50)(H,42,51)(H,43,48)(H4,36,37,38)/t18-,19-,22+,24?,25+,26+/m1/s1. The van der Waals surface area contributed by atoms with Gasteiger partial charge in [0.05, 0.1) is 22.3 Å². The molecule has 0 aromatic heterocycles. The molecule has 6 amide bonds. The lowest BCUT2D eigenvalue weighted by atomic mass is 9.87. The number of carbonyl (C=O) groups is 7. The molecule has 0 aliphatic carbocycles. The summed E-state index contributed by atoms with van der Waals surface area (Å²) >= 11 is 1.91. The summed E-state index contributed by atoms with van der Waals surface area (Å²) in [6, 6.07) is -0.0671. The second-order valence-corrected chi connectivity index (χ2v) is 13.7. The second-order valence-electron chi connectivity index (χ2n) is 13.0. The monoisotopic (exact) mass is 839 g/mol. The zero-order chi connectivity index (χ0) is 39.9. The number of benzene rings is 1. The number of halogens is 1. The van der Waals surface area contributed by atoms with Crippen LogP contribution in [0.1, 0.15) is 64.7 Å². The number of amides is 6. The van der Waals surface area contributed by atoms with Gasteiger partial charge in [0, 0.05) is 24.8 Å². The van der Waals surface area contributed by atoms with E-state index in [1.54, 1.807) is 27.7 Å². The molecule has 0 bridgehead atoms. The third-order valence-corrected chi connectivity index (χ3v) is 8.54. The largest absolute Gasteiger partial charge is 0.391 e. The smallest absolute Gasteiger partial charge is 0.252 e. The fraction of sp³-hybridized carbons (Fsp3) is 0.576. The van der Waals surface area contributed by atoms with E-state index < -0.39 is 77.4 Å². The number of hydrogen-bond acceptors (Lipinski definition) is 9. The fourth-order valence-electron chi connectivity index (χ4n) is 5.11. The van der Waals surface area contributed by atoms with Gasteiger partial charge >= 0.3 is 0 Å². The summed E-state index contributed by atoms with van der Waals surface area (Å²) in [7, 11) is 6.84. The molecule has 6 atom stereocenters. The van der Waals surface area contributed by atoms with Crippen molar-refractivity contribution in [3.05, 3.63) is 29.8 Å². The van der Waals surface area contributed by atoms with Gasteiger partial charge in [0.15, 0.2) is 13.8 Å². The Bertz CT molecular complexity index is 1460. The number of nitrogens with two attached hydrogens (primary N) is 2. The van der Waals surface area contributed by atoms with E-state index in [0.717, 1.165) is 0 Å². The third kappa shape index (κ3) is 14.8. The summed E-state index contributed by atoms with van der Waals surface area (Å²) in [5.41, 5.74) is 10.7. The number of nitrogens with zero attached hydrogens (tertiary/aromatic N) is 2. The zero-order valence-electron chi connectivity index (χ0n) is 30.6. The number of guanidine groups is 1. The summed E-state index contributed by atoms with van der Waals surface area (Å²) in [6.45, 7) is 9.66. The SMILES string of the molecule is [B]C(=O)C(NC(=O)[C@H](C(C)C)N(C)C(=O)[C@@H](C)NC(=O)[C@H](CCCN=C(N)N)NC(=O)[C@@H](NC(=O)c1ccc(NC(=O)CI)cc1)[C@@H](C)O)C(C)C. The van der Waals surface area contributed by atoms with E-state index >= 15 is 0 Å². The second kappa shape index (κ2) is 21.9. The maximum Gasteiger partial charge on any atom is 0.252 e. The highest BCUT2D eigenvalue weighted by atomic mass is 127. The quantitative estimate of drug-likeness (QED) is 0.0196. The zero-order valence-corrected chi connectivity index (χ0v) is 32.7. The van der Waals surface area contributed by atoms with Crippen LogP contribution in [0, 0.1) is 11.8 Å². The molecule has 1 aromatic rings. The van der Waals surface area contributed by atoms with Crippen LogP contribution in [-0.2, 0) is 28.8 Å². The van der Waals surface area contributed by atoms with E-state index in [4.69, 9.17) is 19.3 Å². The molecule has 2 radical (unpaired) electrons. The van der Waals surface area contributed by atoms with Gasteiger partial charge in [0.25, 0.3) is 5.91 Å². The molecule has 19 heteroatoms. The Morgan fingerprint density at radius 3 is 1.92 bits per heavy atom. The molecule has 1 unspecified atom stereocenters. The molecule has 1 aromatic carbocycles. The molecule has 286 valence electrons. The van der Waals surface area contributed by atoms with Crippen molar-refractivity contribution in [1.82, 2.24) is 26.2 Å². The van der Waals surface area contributed by atoms with Crippen molar-refractivity contribution in [3.63, 3.8) is 0 Å². The van der Waals surface area contributed by atoms with Gasteiger partial charge in [-0.2, -0.15) is 0 Å². The number of aliphatic hydroxyl groups is 1. The molecule has 0 aliphatic heterocycles. The summed E-state index contributed by atoms with van der Waals surface area (Å²) in [4.78, 5) is 95.3. The van der Waals surface area contributed by atoms with Crippen LogP contribution >= 0.6 is 22.6 Å². The Morgan fingerprint density at radius 2 is 1.44 bits per heavy atom. The van der Waals surface area contributed by atoms with E-state index in [9.17, 15) is 38.7 Å². The molecular weight excluding hydrogens is 788 g/mol. The maximum atomic E-state index is 13.6. The van der Waals surface area contributed by atoms with Gasteiger partial charge in [-0.3, -0.25) is 33.8 Å². The summed E-state index contributed by atoms with van der Waals surface area (Å²) in [5, 5.41) is 23.3. The molecular formula is C33H51BIN9O8. The van der Waals surface area contributed by atoms with E-state index in [1.807, 2.05) is 22.6 Å². The average molecular weight is 840 g/mol. The van der Waals surface area contributed by atoms with E-state index in [0.29, 0.717) is 5.69 Å². The van der Waals surface area contributed by atoms with Crippen LogP contribution in [-0.4, -0.2) is 119 Å². The number of carbonyl (C=O) groups excluding carboxylic acids is 7. The first-order valence-electron chi connectivity index (χ1n) is 16.7. The third-order valence-electron chi connectivity index (χ3n) is 7.85. The van der Waals surface area contributed by atoms with Crippen molar-refractivity contribution in [2.75, 3.05) is 23.3 Å². The van der Waals surface area contributed by atoms with Gasteiger partial charge < -0.3 is 52.9 Å². The number of anilines is 1. The van der Waals surface area contributed by atoms with Crippen molar-refractivity contribution in [1.29, 1.82) is 0 Å². The highest BCUT2D eigenvalue weighted by molar-refractivity contribution is 14.1. The number of aliphatic hydroxyl groups excluding tert-OH is 1. The fourth-order valence-corrected chi connectivity index (χ4v) is 5.30. The summed E-state index contributed by atoms with van der Waals surface area (Å²) < 4.78 is 0.237.